The van der Waals surface area contributed by atoms with Gasteiger partial charge in [0.05, 0.1) is 12.5 Å². The van der Waals surface area contributed by atoms with Crippen LogP contribution in [-0.4, -0.2) is 30.0 Å². The summed E-state index contributed by atoms with van der Waals surface area (Å²) in [6.07, 6.45) is 11.5. The van der Waals surface area contributed by atoms with E-state index in [1.165, 1.54) is 42.1 Å². The van der Waals surface area contributed by atoms with E-state index in [9.17, 15) is 9.59 Å². The minimum Gasteiger partial charge on any atom is -0.467 e. The van der Waals surface area contributed by atoms with Crippen molar-refractivity contribution in [3.05, 3.63) is 81.5 Å². The maximum absolute atomic E-state index is 14.9. The van der Waals surface area contributed by atoms with Crippen LogP contribution < -0.4 is 5.32 Å². The number of aromatic amines is 1. The third-order valence-electron chi connectivity index (χ3n) is 16.7. The Hall–Kier alpha value is -2.86. The molecule has 0 aliphatic heterocycles. The van der Waals surface area contributed by atoms with Crippen LogP contribution in [-0.2, 0) is 32.6 Å². The van der Waals surface area contributed by atoms with Crippen LogP contribution in [0.25, 0.3) is 10.9 Å². The molecular weight excluding hydrogens is 708 g/mol. The van der Waals surface area contributed by atoms with Crippen LogP contribution in [0.3, 0.4) is 0 Å². The fourth-order valence-corrected chi connectivity index (χ4v) is 14.0. The summed E-state index contributed by atoms with van der Waals surface area (Å²) in [7, 11) is 1.43. The summed E-state index contributed by atoms with van der Waals surface area (Å²) in [5.74, 6) is 1.89. The number of H-pyrrole nitrogens is 1. The van der Waals surface area contributed by atoms with Gasteiger partial charge in [0.2, 0.25) is 5.91 Å². The van der Waals surface area contributed by atoms with Gasteiger partial charge in [-0.15, -0.1) is 0 Å². The number of halogens is 1. The molecule has 1 unspecified atom stereocenters. The molecule has 5 aliphatic carbocycles. The maximum Gasteiger partial charge on any atom is 0.328 e. The average Bonchev–Trinajstić information content (AvgIpc) is 3.47. The molecule has 8 rings (SSSR count). The van der Waals surface area contributed by atoms with E-state index in [-0.39, 0.29) is 39.5 Å². The number of methoxy groups -OCH3 is 1. The molecule has 278 valence electrons. The number of esters is 1. The first-order valence-corrected chi connectivity index (χ1v) is 20.8. The highest BCUT2D eigenvalue weighted by atomic mass is 79.9. The van der Waals surface area contributed by atoms with Crippen molar-refractivity contribution in [2.45, 2.75) is 118 Å². The summed E-state index contributed by atoms with van der Waals surface area (Å²) in [4.78, 5) is 32.0. The highest BCUT2D eigenvalue weighted by Gasteiger charge is 2.69. The summed E-state index contributed by atoms with van der Waals surface area (Å²) < 4.78 is 6.40. The molecule has 0 spiro atoms. The molecule has 2 N–H and O–H groups in total. The van der Waals surface area contributed by atoms with E-state index < -0.39 is 11.5 Å². The van der Waals surface area contributed by atoms with Gasteiger partial charge in [0.15, 0.2) is 0 Å². The largest absolute Gasteiger partial charge is 0.467 e. The fraction of sp³-hybridized carbons (Fsp3) is 0.609. The van der Waals surface area contributed by atoms with Crippen LogP contribution >= 0.6 is 15.9 Å². The van der Waals surface area contributed by atoms with Gasteiger partial charge in [-0.25, -0.2) is 4.79 Å². The second kappa shape index (κ2) is 12.3. The van der Waals surface area contributed by atoms with Crippen molar-refractivity contribution >= 4 is 38.7 Å². The first-order chi connectivity index (χ1) is 24.6. The van der Waals surface area contributed by atoms with Crippen molar-refractivity contribution in [3.8, 4) is 0 Å². The lowest BCUT2D eigenvalue weighted by Gasteiger charge is -2.71. The zero-order valence-corrected chi connectivity index (χ0v) is 34.2. The molecule has 2 aromatic carbocycles. The highest BCUT2D eigenvalue weighted by Crippen LogP contribution is 2.75. The normalized spacial score (nSPS) is 38.0. The Balaban J connectivity index is 1.18. The minimum atomic E-state index is -0.708. The second-order valence-electron chi connectivity index (χ2n) is 19.1. The SMILES string of the molecule is COC(=O)C(Cc1ccccc1)NC(=O)[C@]12CC[C@@H](C)[C@H](C)[C@H]1C1=CC[C@@H]3[C@@]4(C)Cc5c([nH]c6ccc(Br)cc56)C(C)(C)[C@@H]4CC[C@@]3(C)[C@]1(C)CC2. The summed E-state index contributed by atoms with van der Waals surface area (Å²) in [6, 6.07) is 16.0. The number of hydrogen-bond donors (Lipinski definition) is 2. The topological polar surface area (TPSA) is 71.2 Å². The van der Waals surface area contributed by atoms with E-state index in [1.54, 1.807) is 5.57 Å². The monoisotopic (exact) mass is 766 g/mol. The smallest absolute Gasteiger partial charge is 0.328 e. The van der Waals surface area contributed by atoms with E-state index in [0.717, 1.165) is 48.6 Å². The van der Waals surface area contributed by atoms with Gasteiger partial charge >= 0.3 is 5.97 Å². The van der Waals surface area contributed by atoms with E-state index in [4.69, 9.17) is 4.74 Å². The number of ether oxygens (including phenoxy) is 1. The molecule has 1 amide bonds. The predicted molar refractivity (Wildman–Crippen MR) is 213 cm³/mol. The molecule has 6 heteroatoms. The lowest BCUT2D eigenvalue weighted by Crippen LogP contribution is -2.66. The first kappa shape index (κ1) is 36.1. The van der Waals surface area contributed by atoms with Gasteiger partial charge in [0.25, 0.3) is 0 Å². The van der Waals surface area contributed by atoms with Gasteiger partial charge in [-0.05, 0) is 127 Å². The standard InChI is InChI=1S/C46H59BrN2O3/c1-27-18-21-46(41(51)49-35(40(50)52-8)24-29-12-10-9-11-13-29)23-22-44(6)33(38(46)28(27)2)15-17-37-43(5)26-32-31-25-30(47)14-16-34(31)48-39(32)42(3,4)36(43)19-20-45(37,44)7/h9-16,25,27-28,35-38,48H,17-24,26H2,1-8H3,(H,49,51)/t27-,28+,35?,36+,37-,38+,43+,44-,45-,46+/m1/s1. The Labute approximate surface area is 319 Å². The lowest BCUT2D eigenvalue weighted by molar-refractivity contribution is -0.170. The molecule has 0 radical (unpaired) electrons. The van der Waals surface area contributed by atoms with Gasteiger partial charge in [-0.1, -0.05) is 106 Å². The van der Waals surface area contributed by atoms with Crippen molar-refractivity contribution in [1.82, 2.24) is 10.3 Å². The van der Waals surface area contributed by atoms with E-state index >= 15 is 0 Å². The number of fused-ring (bicyclic) bond motifs is 10. The number of rotatable bonds is 5. The summed E-state index contributed by atoms with van der Waals surface area (Å²) in [6.45, 7) is 17.7. The van der Waals surface area contributed by atoms with Gasteiger partial charge in [0.1, 0.15) is 6.04 Å². The second-order valence-corrected chi connectivity index (χ2v) is 20.0. The summed E-state index contributed by atoms with van der Waals surface area (Å²) >= 11 is 3.78. The van der Waals surface area contributed by atoms with Crippen LogP contribution in [0.1, 0.15) is 110 Å². The number of amides is 1. The number of carbonyl (C=O) groups excluding carboxylic acids is 2. The van der Waals surface area contributed by atoms with Crippen molar-refractivity contribution in [3.63, 3.8) is 0 Å². The minimum absolute atomic E-state index is 0.00309. The van der Waals surface area contributed by atoms with Gasteiger partial charge < -0.3 is 15.0 Å². The van der Waals surface area contributed by atoms with Gasteiger partial charge in [-0.2, -0.15) is 0 Å². The number of hydrogen-bond acceptors (Lipinski definition) is 3. The van der Waals surface area contributed by atoms with Crippen LogP contribution in [0.4, 0.5) is 0 Å². The fourth-order valence-electron chi connectivity index (χ4n) is 13.7. The number of benzene rings is 2. The van der Waals surface area contributed by atoms with E-state index in [2.05, 4.69) is 99.0 Å². The van der Waals surface area contributed by atoms with Crippen LogP contribution in [0, 0.1) is 51.2 Å². The molecule has 0 saturated heterocycles. The zero-order valence-electron chi connectivity index (χ0n) is 32.6. The van der Waals surface area contributed by atoms with Crippen molar-refractivity contribution in [2.24, 2.45) is 51.2 Å². The molecule has 0 bridgehead atoms. The van der Waals surface area contributed by atoms with Gasteiger partial charge in [0, 0.05) is 32.9 Å². The third-order valence-corrected chi connectivity index (χ3v) is 17.2. The van der Waals surface area contributed by atoms with Crippen LogP contribution in [0.2, 0.25) is 0 Å². The van der Waals surface area contributed by atoms with E-state index in [0.29, 0.717) is 30.1 Å². The Morgan fingerprint density at radius 1 is 0.962 bits per heavy atom. The van der Waals surface area contributed by atoms with Crippen LogP contribution in [0.5, 0.6) is 0 Å². The van der Waals surface area contributed by atoms with E-state index in [1.807, 2.05) is 30.3 Å². The Morgan fingerprint density at radius 3 is 2.44 bits per heavy atom. The molecular formula is C46H59BrN2O3. The highest BCUT2D eigenvalue weighted by molar-refractivity contribution is 9.10. The molecule has 52 heavy (non-hydrogen) atoms. The first-order valence-electron chi connectivity index (χ1n) is 20.0. The van der Waals surface area contributed by atoms with Crippen molar-refractivity contribution in [2.75, 3.05) is 7.11 Å². The Bertz CT molecular complexity index is 1950. The molecule has 3 fully saturated rings. The Morgan fingerprint density at radius 2 is 1.71 bits per heavy atom. The van der Waals surface area contributed by atoms with Gasteiger partial charge in [-0.3, -0.25) is 4.79 Å². The molecule has 3 saturated carbocycles. The number of aromatic nitrogens is 1. The molecule has 5 nitrogen and oxygen atoms in total. The quantitative estimate of drug-likeness (QED) is 0.201. The molecule has 1 heterocycles. The molecule has 10 atom stereocenters. The molecule has 1 aromatic heterocycles. The molecule has 5 aliphatic rings. The number of nitrogens with one attached hydrogen (secondary N) is 2. The maximum atomic E-state index is 14.9. The average molecular weight is 768 g/mol. The lowest BCUT2D eigenvalue weighted by atomic mass is 9.33. The predicted octanol–water partition coefficient (Wildman–Crippen LogP) is 10.5. The van der Waals surface area contributed by atoms with Crippen molar-refractivity contribution < 1.29 is 14.3 Å². The summed E-state index contributed by atoms with van der Waals surface area (Å²) in [5, 5.41) is 4.69. The summed E-state index contributed by atoms with van der Waals surface area (Å²) in [5.41, 5.74) is 6.58. The number of carbonyl (C=O) groups is 2. The number of allylic oxidation sites excluding steroid dienone is 2. The zero-order chi connectivity index (χ0) is 37.0. The molecule has 3 aromatic rings. The third kappa shape index (κ3) is 4.97. The van der Waals surface area contributed by atoms with Crippen molar-refractivity contribution in [1.29, 1.82) is 0 Å². The van der Waals surface area contributed by atoms with Crippen LogP contribution in [0.15, 0.2) is 64.7 Å². The Kier molecular flexibility index (Phi) is 8.57.